The first-order chi connectivity index (χ1) is 7.65. The van der Waals surface area contributed by atoms with E-state index in [0.29, 0.717) is 0 Å². The minimum absolute atomic E-state index is 0.751. The van der Waals surface area contributed by atoms with E-state index < -0.39 is 0 Å². The average molecular weight is 300 g/mol. The number of imidazole rings is 1. The highest BCUT2D eigenvalue weighted by Gasteiger charge is 2.26. The van der Waals surface area contributed by atoms with E-state index in [4.69, 9.17) is 0 Å². The zero-order valence-electron chi connectivity index (χ0n) is 9.40. The summed E-state index contributed by atoms with van der Waals surface area (Å²) in [6.07, 6.45) is 3.52. The molecule has 0 spiro atoms. The smallest absolute Gasteiger partial charge is 0.213 e. The van der Waals surface area contributed by atoms with Gasteiger partial charge in [0.25, 0.3) is 0 Å². The molecular weight excluding hydrogens is 286 g/mol. The van der Waals surface area contributed by atoms with Crippen LogP contribution in [0.15, 0.2) is 3.92 Å². The molecule has 2 heterocycles. The Kier molecular flexibility index (Phi) is 2.55. The summed E-state index contributed by atoms with van der Waals surface area (Å²) in [5.41, 5.74) is 2.60. The van der Waals surface area contributed by atoms with Gasteiger partial charge in [-0.2, -0.15) is 0 Å². The van der Waals surface area contributed by atoms with Crippen molar-refractivity contribution in [1.82, 2.24) is 14.6 Å². The monoisotopic (exact) mass is 299 g/mol. The van der Waals surface area contributed by atoms with Gasteiger partial charge in [-0.1, -0.05) is 25.2 Å². The van der Waals surface area contributed by atoms with E-state index in [1.54, 1.807) is 11.3 Å². The molecule has 0 bridgehead atoms. The third-order valence-electron chi connectivity index (χ3n) is 3.50. The standard InChI is InChI=1S/C11H14BrN3S/c1-6(2)7-3-4-8-9(5-7)15-11(13-8)16-10(12)14-15/h6-7H,3-5H2,1-2H3. The van der Waals surface area contributed by atoms with Crippen molar-refractivity contribution in [1.29, 1.82) is 0 Å². The first-order valence-electron chi connectivity index (χ1n) is 5.68. The molecule has 1 atom stereocenters. The number of hydrogen-bond acceptors (Lipinski definition) is 3. The Labute approximate surface area is 107 Å². The van der Waals surface area contributed by atoms with Crippen molar-refractivity contribution in [3.63, 3.8) is 0 Å². The molecule has 0 aliphatic heterocycles. The van der Waals surface area contributed by atoms with Crippen LogP contribution >= 0.6 is 27.3 Å². The number of nitrogens with zero attached hydrogens (tertiary/aromatic N) is 3. The molecule has 5 heteroatoms. The second-order valence-electron chi connectivity index (χ2n) is 4.80. The third kappa shape index (κ3) is 1.61. The Bertz CT molecular complexity index is 529. The number of aromatic nitrogens is 3. The van der Waals surface area contributed by atoms with Crippen LogP contribution in [0.5, 0.6) is 0 Å². The molecule has 1 aliphatic rings. The zero-order valence-corrected chi connectivity index (χ0v) is 11.8. The van der Waals surface area contributed by atoms with Gasteiger partial charge in [-0.3, -0.25) is 0 Å². The molecule has 1 aliphatic carbocycles. The molecule has 16 heavy (non-hydrogen) atoms. The van der Waals surface area contributed by atoms with Gasteiger partial charge in [-0.05, 0) is 47.0 Å². The van der Waals surface area contributed by atoms with E-state index in [1.807, 2.05) is 4.52 Å². The second-order valence-corrected chi connectivity index (χ2v) is 7.03. The lowest BCUT2D eigenvalue weighted by Crippen LogP contribution is -2.20. The fourth-order valence-electron chi connectivity index (χ4n) is 2.45. The van der Waals surface area contributed by atoms with E-state index in [2.05, 4.69) is 39.9 Å². The van der Waals surface area contributed by atoms with E-state index in [-0.39, 0.29) is 0 Å². The van der Waals surface area contributed by atoms with Gasteiger partial charge < -0.3 is 0 Å². The van der Waals surface area contributed by atoms with E-state index in [9.17, 15) is 0 Å². The fourth-order valence-corrected chi connectivity index (χ4v) is 3.71. The van der Waals surface area contributed by atoms with Gasteiger partial charge in [0.15, 0.2) is 3.92 Å². The van der Waals surface area contributed by atoms with Gasteiger partial charge in [-0.25, -0.2) is 9.50 Å². The van der Waals surface area contributed by atoms with Crippen LogP contribution in [-0.4, -0.2) is 14.6 Å². The SMILES string of the molecule is CC(C)C1CCc2nc3sc(Br)nn3c2C1. The minimum atomic E-state index is 0.751. The number of hydrogen-bond donors (Lipinski definition) is 0. The van der Waals surface area contributed by atoms with Gasteiger partial charge in [0.1, 0.15) is 0 Å². The summed E-state index contributed by atoms with van der Waals surface area (Å²) >= 11 is 5.03. The maximum Gasteiger partial charge on any atom is 0.213 e. The largest absolute Gasteiger partial charge is 0.222 e. The molecule has 0 aromatic carbocycles. The topological polar surface area (TPSA) is 30.2 Å². The maximum atomic E-state index is 4.66. The lowest BCUT2D eigenvalue weighted by Gasteiger charge is -2.24. The maximum absolute atomic E-state index is 4.66. The summed E-state index contributed by atoms with van der Waals surface area (Å²) in [5.74, 6) is 1.54. The van der Waals surface area contributed by atoms with Gasteiger partial charge >= 0.3 is 0 Å². The lowest BCUT2D eigenvalue weighted by atomic mass is 9.82. The summed E-state index contributed by atoms with van der Waals surface area (Å²) in [5, 5.41) is 4.47. The number of fused-ring (bicyclic) bond motifs is 3. The predicted octanol–water partition coefficient (Wildman–Crippen LogP) is 3.31. The van der Waals surface area contributed by atoms with Crippen molar-refractivity contribution in [3.8, 4) is 0 Å². The van der Waals surface area contributed by atoms with Crippen LogP contribution in [0.3, 0.4) is 0 Å². The van der Waals surface area contributed by atoms with Gasteiger partial charge in [-0.15, -0.1) is 5.10 Å². The van der Waals surface area contributed by atoms with Crippen LogP contribution in [0.25, 0.3) is 4.96 Å². The molecule has 0 fully saturated rings. The predicted molar refractivity (Wildman–Crippen MR) is 68.9 cm³/mol. The van der Waals surface area contributed by atoms with Crippen LogP contribution in [-0.2, 0) is 12.8 Å². The Balaban J connectivity index is 2.06. The van der Waals surface area contributed by atoms with Gasteiger partial charge in [0.2, 0.25) is 4.96 Å². The highest BCUT2D eigenvalue weighted by molar-refractivity contribution is 9.11. The first kappa shape index (κ1) is 10.7. The molecule has 0 amide bonds. The summed E-state index contributed by atoms with van der Waals surface area (Å²) in [4.78, 5) is 5.69. The Hall–Kier alpha value is -0.420. The average Bonchev–Trinajstić information content (AvgIpc) is 2.72. The minimum Gasteiger partial charge on any atom is -0.222 e. The summed E-state index contributed by atoms with van der Waals surface area (Å²) < 4.78 is 2.95. The second kappa shape index (κ2) is 3.81. The normalized spacial score (nSPS) is 20.6. The Morgan fingerprint density at radius 3 is 3.06 bits per heavy atom. The highest BCUT2D eigenvalue weighted by atomic mass is 79.9. The lowest BCUT2D eigenvalue weighted by molar-refractivity contribution is 0.336. The molecule has 86 valence electrons. The van der Waals surface area contributed by atoms with E-state index in [0.717, 1.165) is 33.6 Å². The van der Waals surface area contributed by atoms with Crippen LogP contribution in [0.1, 0.15) is 31.7 Å². The fraction of sp³-hybridized carbons (Fsp3) is 0.636. The Morgan fingerprint density at radius 1 is 1.50 bits per heavy atom. The van der Waals surface area contributed by atoms with Crippen molar-refractivity contribution < 1.29 is 0 Å². The van der Waals surface area contributed by atoms with Crippen LogP contribution in [0, 0.1) is 11.8 Å². The quantitative estimate of drug-likeness (QED) is 0.809. The Morgan fingerprint density at radius 2 is 2.31 bits per heavy atom. The molecule has 0 saturated heterocycles. The molecule has 0 saturated carbocycles. The van der Waals surface area contributed by atoms with Crippen molar-refractivity contribution >= 4 is 32.2 Å². The molecule has 3 rings (SSSR count). The van der Waals surface area contributed by atoms with E-state index >= 15 is 0 Å². The van der Waals surface area contributed by atoms with Crippen LogP contribution in [0.2, 0.25) is 0 Å². The van der Waals surface area contributed by atoms with Crippen LogP contribution < -0.4 is 0 Å². The van der Waals surface area contributed by atoms with E-state index in [1.165, 1.54) is 17.8 Å². The highest BCUT2D eigenvalue weighted by Crippen LogP contribution is 2.32. The van der Waals surface area contributed by atoms with Gasteiger partial charge in [0.05, 0.1) is 11.4 Å². The number of aryl methyl sites for hydroxylation is 1. The molecule has 0 radical (unpaired) electrons. The van der Waals surface area contributed by atoms with Crippen molar-refractivity contribution in [2.75, 3.05) is 0 Å². The summed E-state index contributed by atoms with van der Waals surface area (Å²) in [6.45, 7) is 4.62. The number of rotatable bonds is 1. The van der Waals surface area contributed by atoms with Crippen molar-refractivity contribution in [3.05, 3.63) is 15.3 Å². The molecule has 2 aromatic heterocycles. The first-order valence-corrected chi connectivity index (χ1v) is 7.29. The molecule has 0 N–H and O–H groups in total. The molecule has 1 unspecified atom stereocenters. The van der Waals surface area contributed by atoms with Crippen molar-refractivity contribution in [2.24, 2.45) is 11.8 Å². The third-order valence-corrected chi connectivity index (χ3v) is 4.85. The van der Waals surface area contributed by atoms with Crippen molar-refractivity contribution in [2.45, 2.75) is 33.1 Å². The summed E-state index contributed by atoms with van der Waals surface area (Å²) in [7, 11) is 0. The number of halogens is 1. The molecule has 3 nitrogen and oxygen atoms in total. The van der Waals surface area contributed by atoms with Crippen LogP contribution in [0.4, 0.5) is 0 Å². The molecule has 2 aromatic rings. The molecular formula is C11H14BrN3S. The summed E-state index contributed by atoms with van der Waals surface area (Å²) in [6, 6.07) is 0. The zero-order chi connectivity index (χ0) is 11.3. The van der Waals surface area contributed by atoms with Gasteiger partial charge in [0, 0.05) is 0 Å².